The number of nitrogens with zero attached hydrogens (tertiary/aromatic N) is 5. The van der Waals surface area contributed by atoms with Crippen LogP contribution in [-0.2, 0) is 9.47 Å². The zero-order chi connectivity index (χ0) is 25.4. The first-order valence-corrected chi connectivity index (χ1v) is 11.9. The van der Waals surface area contributed by atoms with Crippen molar-refractivity contribution >= 4 is 23.3 Å². The largest absolute Gasteiger partial charge is 0.483 e. The maximum Gasteiger partial charge on any atom is 0.410 e. The van der Waals surface area contributed by atoms with Crippen LogP contribution in [0.3, 0.4) is 0 Å². The summed E-state index contributed by atoms with van der Waals surface area (Å²) in [7, 11) is 0. The molecular formula is C25H28FN5O5. The van der Waals surface area contributed by atoms with Crippen LogP contribution in [0.4, 0.5) is 26.4 Å². The van der Waals surface area contributed by atoms with E-state index in [9.17, 15) is 9.18 Å². The molecule has 10 nitrogen and oxygen atoms in total. The maximum atomic E-state index is 14.8. The van der Waals surface area contributed by atoms with Gasteiger partial charge in [-0.05, 0) is 32.9 Å². The third-order valence-electron chi connectivity index (χ3n) is 6.32. The third kappa shape index (κ3) is 4.73. The molecule has 1 amide bonds. The number of hydrogen-bond donors (Lipinski definition) is 0. The van der Waals surface area contributed by atoms with E-state index in [4.69, 9.17) is 25.5 Å². The molecule has 36 heavy (non-hydrogen) atoms. The van der Waals surface area contributed by atoms with Crippen molar-refractivity contribution in [2.75, 3.05) is 44.4 Å². The van der Waals surface area contributed by atoms with Gasteiger partial charge in [-0.2, -0.15) is 4.98 Å². The smallest absolute Gasteiger partial charge is 0.410 e. The maximum absolute atomic E-state index is 14.8. The molecule has 0 radical (unpaired) electrons. The Labute approximate surface area is 208 Å². The van der Waals surface area contributed by atoms with Gasteiger partial charge in [0.25, 0.3) is 5.88 Å². The Morgan fingerprint density at radius 1 is 1.22 bits per heavy atom. The fraction of sp³-hybridized carbons (Fsp3) is 0.520. The van der Waals surface area contributed by atoms with E-state index < -0.39 is 11.4 Å². The fourth-order valence-corrected chi connectivity index (χ4v) is 4.81. The molecule has 2 aromatic rings. The average molecular weight is 498 g/mol. The van der Waals surface area contributed by atoms with Crippen LogP contribution < -0.4 is 14.4 Å². The van der Waals surface area contributed by atoms with Gasteiger partial charge >= 0.3 is 6.09 Å². The van der Waals surface area contributed by atoms with Crippen LogP contribution in [0.25, 0.3) is 4.85 Å². The standard InChI is InChI=1S/C25H28FN5O5/c1-25(2,3)36-24(32)30-10-15-12-33-13-16(11-30)20(15)35-23-21-22(28-14-29-23)31(7-8-34-21)19-6-5-17(27-4)9-18(19)26/h5-6,9,14-16,20H,7-8,10-13H2,1-3H3. The van der Waals surface area contributed by atoms with E-state index in [1.54, 1.807) is 21.9 Å². The second kappa shape index (κ2) is 9.43. The molecule has 2 saturated heterocycles. The molecule has 1 aromatic heterocycles. The van der Waals surface area contributed by atoms with Crippen LogP contribution in [0.5, 0.6) is 11.6 Å². The van der Waals surface area contributed by atoms with Crippen LogP contribution in [0.15, 0.2) is 24.5 Å². The van der Waals surface area contributed by atoms with Crippen molar-refractivity contribution < 1.29 is 28.1 Å². The van der Waals surface area contributed by atoms with Gasteiger partial charge in [-0.3, -0.25) is 0 Å². The highest BCUT2D eigenvalue weighted by Crippen LogP contribution is 2.43. The Kier molecular flexibility index (Phi) is 6.30. The van der Waals surface area contributed by atoms with Gasteiger partial charge in [0.05, 0.1) is 32.0 Å². The van der Waals surface area contributed by atoms with Crippen molar-refractivity contribution in [3.05, 3.63) is 41.8 Å². The van der Waals surface area contributed by atoms with Crippen molar-refractivity contribution in [1.29, 1.82) is 0 Å². The van der Waals surface area contributed by atoms with Gasteiger partial charge in [-0.25, -0.2) is 19.0 Å². The van der Waals surface area contributed by atoms with Crippen LogP contribution >= 0.6 is 0 Å². The van der Waals surface area contributed by atoms with Gasteiger partial charge in [0.15, 0.2) is 11.5 Å². The minimum absolute atomic E-state index is 0.0751. The van der Waals surface area contributed by atoms with E-state index in [2.05, 4.69) is 14.8 Å². The van der Waals surface area contributed by atoms with Crippen LogP contribution in [0, 0.1) is 24.2 Å². The fourth-order valence-electron chi connectivity index (χ4n) is 4.81. The second-order valence-corrected chi connectivity index (χ2v) is 10.1. The van der Waals surface area contributed by atoms with Gasteiger partial charge in [0, 0.05) is 24.9 Å². The number of rotatable bonds is 3. The Morgan fingerprint density at radius 3 is 2.64 bits per heavy atom. The Hall–Kier alpha value is -3.65. The Balaban J connectivity index is 1.38. The molecule has 2 atom stereocenters. The topological polar surface area (TPSA) is 90.6 Å². The van der Waals surface area contributed by atoms with Gasteiger partial charge in [-0.15, -0.1) is 0 Å². The molecule has 0 spiro atoms. The normalized spacial score (nSPS) is 23.2. The minimum Gasteiger partial charge on any atom is -0.483 e. The Morgan fingerprint density at radius 2 is 1.97 bits per heavy atom. The van der Waals surface area contributed by atoms with E-state index in [0.717, 1.165) is 0 Å². The number of aromatic nitrogens is 2. The zero-order valence-corrected chi connectivity index (χ0v) is 20.4. The number of carbonyl (C=O) groups is 1. The second-order valence-electron chi connectivity index (χ2n) is 10.1. The summed E-state index contributed by atoms with van der Waals surface area (Å²) in [6, 6.07) is 4.34. The minimum atomic E-state index is -0.574. The van der Waals surface area contributed by atoms with E-state index in [1.165, 1.54) is 12.4 Å². The van der Waals surface area contributed by atoms with Crippen molar-refractivity contribution in [3.8, 4) is 11.6 Å². The lowest BCUT2D eigenvalue weighted by Gasteiger charge is -2.46. The number of anilines is 2. The number of halogens is 1. The number of carbonyl (C=O) groups excluding carboxylic acids is 1. The summed E-state index contributed by atoms with van der Waals surface area (Å²) in [4.78, 5) is 28.0. The molecule has 0 saturated carbocycles. The number of benzene rings is 1. The van der Waals surface area contributed by atoms with E-state index >= 15 is 0 Å². The molecule has 190 valence electrons. The van der Waals surface area contributed by atoms with Crippen molar-refractivity contribution in [1.82, 2.24) is 14.9 Å². The number of hydrogen-bond acceptors (Lipinski definition) is 8. The van der Waals surface area contributed by atoms with Gasteiger partial charge < -0.3 is 28.7 Å². The molecule has 3 aliphatic heterocycles. The zero-order valence-electron chi connectivity index (χ0n) is 20.4. The van der Waals surface area contributed by atoms with Crippen LogP contribution in [0.1, 0.15) is 20.8 Å². The molecule has 2 unspecified atom stereocenters. The summed E-state index contributed by atoms with van der Waals surface area (Å²) in [5.41, 5.74) is -0.0508. The first kappa shape index (κ1) is 24.1. The highest BCUT2D eigenvalue weighted by atomic mass is 19.1. The summed E-state index contributed by atoms with van der Waals surface area (Å²) < 4.78 is 38.4. The van der Waals surface area contributed by atoms with E-state index in [-0.39, 0.29) is 42.2 Å². The molecule has 2 fully saturated rings. The van der Waals surface area contributed by atoms with Gasteiger partial charge in [0.1, 0.15) is 30.5 Å². The highest BCUT2D eigenvalue weighted by Gasteiger charge is 2.45. The first-order chi connectivity index (χ1) is 17.2. The Bertz CT molecular complexity index is 1180. The van der Waals surface area contributed by atoms with Gasteiger partial charge in [-0.1, -0.05) is 6.07 Å². The van der Waals surface area contributed by atoms with Crippen molar-refractivity contribution in [3.63, 3.8) is 0 Å². The molecule has 4 heterocycles. The number of piperidine rings is 1. The molecule has 0 aliphatic carbocycles. The van der Waals surface area contributed by atoms with Crippen LogP contribution in [0.2, 0.25) is 0 Å². The average Bonchev–Trinajstić information content (AvgIpc) is 2.82. The summed E-state index contributed by atoms with van der Waals surface area (Å²) in [6.45, 7) is 15.1. The van der Waals surface area contributed by atoms with Gasteiger partial charge in [0.2, 0.25) is 5.75 Å². The SMILES string of the molecule is [C-]#[N+]c1ccc(N2CCOc3c(OC4C5COCC4CN(C(=O)OC(C)(C)C)C5)ncnc32)c(F)c1. The number of ether oxygens (including phenoxy) is 4. The molecule has 5 rings (SSSR count). The van der Waals surface area contributed by atoms with Crippen molar-refractivity contribution in [2.24, 2.45) is 11.8 Å². The molecule has 11 heteroatoms. The predicted octanol–water partition coefficient (Wildman–Crippen LogP) is 3.96. The molecule has 1 aromatic carbocycles. The van der Waals surface area contributed by atoms with E-state index in [1.807, 2.05) is 20.8 Å². The van der Waals surface area contributed by atoms with Crippen LogP contribution in [-0.4, -0.2) is 72.1 Å². The highest BCUT2D eigenvalue weighted by molar-refractivity contribution is 5.71. The number of amides is 1. The lowest BCUT2D eigenvalue weighted by molar-refractivity contribution is -0.113. The summed E-state index contributed by atoms with van der Waals surface area (Å²) in [5, 5.41) is 0. The molecule has 2 bridgehead atoms. The lowest BCUT2D eigenvalue weighted by atomic mass is 9.84. The number of likely N-dealkylation sites (tertiary alicyclic amines) is 1. The quantitative estimate of drug-likeness (QED) is 0.589. The lowest BCUT2D eigenvalue weighted by Crippen LogP contribution is -2.59. The van der Waals surface area contributed by atoms with E-state index in [0.29, 0.717) is 50.1 Å². The molecular weight excluding hydrogens is 469 g/mol. The monoisotopic (exact) mass is 497 g/mol. The molecule has 0 N–H and O–H groups in total. The summed E-state index contributed by atoms with van der Waals surface area (Å²) >= 11 is 0. The summed E-state index contributed by atoms with van der Waals surface area (Å²) in [5.74, 6) is 0.344. The predicted molar refractivity (Wildman–Crippen MR) is 127 cm³/mol. The third-order valence-corrected chi connectivity index (χ3v) is 6.32. The number of fused-ring (bicyclic) bond motifs is 3. The first-order valence-electron chi connectivity index (χ1n) is 11.9. The molecule has 3 aliphatic rings. The van der Waals surface area contributed by atoms with Crippen molar-refractivity contribution in [2.45, 2.75) is 32.5 Å². The summed E-state index contributed by atoms with van der Waals surface area (Å²) in [6.07, 6.45) is 0.774.